The van der Waals surface area contributed by atoms with Gasteiger partial charge in [-0.3, -0.25) is 29.4 Å². The van der Waals surface area contributed by atoms with Gasteiger partial charge in [-0.2, -0.15) is 0 Å². The Balaban J connectivity index is 1.83. The van der Waals surface area contributed by atoms with Gasteiger partial charge in [0.25, 0.3) is 23.6 Å². The molecule has 0 unspecified atom stereocenters. The number of imide groups is 2. The van der Waals surface area contributed by atoms with Gasteiger partial charge in [-0.15, -0.1) is 0 Å². The lowest BCUT2D eigenvalue weighted by Gasteiger charge is -2.31. The van der Waals surface area contributed by atoms with Crippen LogP contribution < -0.4 is 5.32 Å². The second-order valence-electron chi connectivity index (χ2n) is 7.49. The summed E-state index contributed by atoms with van der Waals surface area (Å²) in [6, 6.07) is 6.31. The molecular weight excluding hydrogens is 356 g/mol. The van der Waals surface area contributed by atoms with Crippen molar-refractivity contribution >= 4 is 34.4 Å². The minimum Gasteiger partial charge on any atom is -0.288 e. The zero-order valence-electron chi connectivity index (χ0n) is 16.0. The standard InChI is InChI=1S/C22H22N2O4/c1-3-5-6-12(4-2)11-24-21(27)15-9-7-13-17-14(20(26)23-19(13)25)8-10-16(18(15)17)22(24)28/h7-10,12H,3-6,11H2,1-2H3,(H,23,25,26)/t12-/m1/s1. The largest absolute Gasteiger partial charge is 0.288 e. The Morgan fingerprint density at radius 2 is 1.32 bits per heavy atom. The Kier molecular flexibility index (Phi) is 4.49. The Hall–Kier alpha value is -3.02. The van der Waals surface area contributed by atoms with Crippen molar-refractivity contribution in [1.29, 1.82) is 0 Å². The fraction of sp³-hybridized carbons (Fsp3) is 0.364. The van der Waals surface area contributed by atoms with Crippen LogP contribution in [0, 0.1) is 5.92 Å². The highest BCUT2D eigenvalue weighted by atomic mass is 16.2. The van der Waals surface area contributed by atoms with Crippen molar-refractivity contribution in [3.05, 3.63) is 46.5 Å². The van der Waals surface area contributed by atoms with Crippen molar-refractivity contribution in [3.63, 3.8) is 0 Å². The molecule has 0 radical (unpaired) electrons. The molecule has 2 aliphatic heterocycles. The molecule has 1 N–H and O–H groups in total. The van der Waals surface area contributed by atoms with Crippen LogP contribution in [0.15, 0.2) is 24.3 Å². The van der Waals surface area contributed by atoms with Crippen LogP contribution in [-0.4, -0.2) is 35.1 Å². The lowest BCUT2D eigenvalue weighted by molar-refractivity contribution is 0.0578. The van der Waals surface area contributed by atoms with Crippen molar-refractivity contribution in [2.24, 2.45) is 5.92 Å². The molecule has 4 rings (SSSR count). The molecule has 0 saturated carbocycles. The van der Waals surface area contributed by atoms with Crippen LogP contribution >= 0.6 is 0 Å². The number of hydrogen-bond acceptors (Lipinski definition) is 4. The van der Waals surface area contributed by atoms with Crippen LogP contribution in [0.25, 0.3) is 10.8 Å². The molecule has 0 fully saturated rings. The van der Waals surface area contributed by atoms with Gasteiger partial charge >= 0.3 is 0 Å². The number of unbranched alkanes of at least 4 members (excludes halogenated alkanes) is 1. The third kappa shape index (κ3) is 2.63. The summed E-state index contributed by atoms with van der Waals surface area (Å²) in [5, 5.41) is 3.12. The molecule has 2 aromatic carbocycles. The van der Waals surface area contributed by atoms with Crippen molar-refractivity contribution in [2.75, 3.05) is 6.54 Å². The molecule has 0 saturated heterocycles. The summed E-state index contributed by atoms with van der Waals surface area (Å²) >= 11 is 0. The van der Waals surface area contributed by atoms with Crippen LogP contribution in [0.1, 0.15) is 81.0 Å². The first-order valence-electron chi connectivity index (χ1n) is 9.79. The molecule has 6 nitrogen and oxygen atoms in total. The number of rotatable bonds is 6. The van der Waals surface area contributed by atoms with Gasteiger partial charge in [0.05, 0.1) is 0 Å². The Morgan fingerprint density at radius 1 is 0.821 bits per heavy atom. The minimum absolute atomic E-state index is 0.259. The molecule has 2 heterocycles. The molecule has 0 bridgehead atoms. The summed E-state index contributed by atoms with van der Waals surface area (Å²) in [6.45, 7) is 4.58. The number of carbonyl (C=O) groups excluding carboxylic acids is 4. The van der Waals surface area contributed by atoms with E-state index in [1.54, 1.807) is 24.3 Å². The molecule has 0 aromatic heterocycles. The fourth-order valence-corrected chi connectivity index (χ4v) is 4.19. The van der Waals surface area contributed by atoms with Crippen molar-refractivity contribution < 1.29 is 19.2 Å². The third-order valence-electron chi connectivity index (χ3n) is 5.81. The van der Waals surface area contributed by atoms with Crippen molar-refractivity contribution in [2.45, 2.75) is 39.5 Å². The first-order valence-corrected chi connectivity index (χ1v) is 9.79. The Morgan fingerprint density at radius 3 is 1.82 bits per heavy atom. The van der Waals surface area contributed by atoms with Gasteiger partial charge in [0.2, 0.25) is 0 Å². The molecule has 2 aliphatic rings. The van der Waals surface area contributed by atoms with Crippen LogP contribution in [0.5, 0.6) is 0 Å². The number of hydrogen-bond donors (Lipinski definition) is 1. The summed E-state index contributed by atoms with van der Waals surface area (Å²) < 4.78 is 0. The van der Waals surface area contributed by atoms with Gasteiger partial charge < -0.3 is 0 Å². The van der Waals surface area contributed by atoms with Gasteiger partial charge in [-0.1, -0.05) is 33.1 Å². The van der Waals surface area contributed by atoms with Crippen LogP contribution in [0.4, 0.5) is 0 Å². The molecule has 2 aromatic rings. The van der Waals surface area contributed by atoms with E-state index in [9.17, 15) is 19.2 Å². The van der Waals surface area contributed by atoms with Gasteiger partial charge in [0, 0.05) is 39.6 Å². The average molecular weight is 378 g/mol. The van der Waals surface area contributed by atoms with E-state index in [0.717, 1.165) is 25.7 Å². The SMILES string of the molecule is CCCC[C@@H](CC)CN1C(=O)c2ccc3c4c(ccc(c24)C1=O)C(=O)NC3=O. The summed E-state index contributed by atoms with van der Waals surface area (Å²) in [7, 11) is 0. The number of amides is 4. The maximum atomic E-state index is 13.2. The molecule has 28 heavy (non-hydrogen) atoms. The topological polar surface area (TPSA) is 83.6 Å². The second kappa shape index (κ2) is 6.86. The van der Waals surface area contributed by atoms with Crippen LogP contribution in [0.2, 0.25) is 0 Å². The normalized spacial score (nSPS) is 16.6. The van der Waals surface area contributed by atoms with E-state index in [1.165, 1.54) is 4.90 Å². The Labute approximate surface area is 162 Å². The van der Waals surface area contributed by atoms with Crippen molar-refractivity contribution in [1.82, 2.24) is 10.2 Å². The number of benzene rings is 2. The summed E-state index contributed by atoms with van der Waals surface area (Å²) in [5.74, 6) is -1.46. The predicted octanol–water partition coefficient (Wildman–Crippen LogP) is 3.54. The van der Waals surface area contributed by atoms with Crippen LogP contribution in [0.3, 0.4) is 0 Å². The highest BCUT2D eigenvalue weighted by Crippen LogP contribution is 2.36. The third-order valence-corrected chi connectivity index (χ3v) is 5.81. The van der Waals surface area contributed by atoms with Crippen LogP contribution in [-0.2, 0) is 0 Å². The zero-order valence-corrected chi connectivity index (χ0v) is 16.0. The molecule has 4 amide bonds. The Bertz CT molecular complexity index is 972. The van der Waals surface area contributed by atoms with E-state index in [1.807, 2.05) is 0 Å². The highest BCUT2D eigenvalue weighted by molar-refractivity contribution is 6.33. The zero-order chi connectivity index (χ0) is 20.0. The average Bonchev–Trinajstić information content (AvgIpc) is 2.69. The summed E-state index contributed by atoms with van der Waals surface area (Å²) in [6.07, 6.45) is 4.00. The van der Waals surface area contributed by atoms with E-state index in [-0.39, 0.29) is 17.7 Å². The molecule has 0 spiro atoms. The van der Waals surface area contributed by atoms with E-state index < -0.39 is 11.8 Å². The molecular formula is C22H22N2O4. The quantitative estimate of drug-likeness (QED) is 0.780. The molecule has 144 valence electrons. The smallest absolute Gasteiger partial charge is 0.261 e. The fourth-order valence-electron chi connectivity index (χ4n) is 4.19. The first kappa shape index (κ1) is 18.3. The first-order chi connectivity index (χ1) is 13.5. The molecule has 1 atom stereocenters. The van der Waals surface area contributed by atoms with Gasteiger partial charge in [-0.05, 0) is 36.6 Å². The van der Waals surface area contributed by atoms with E-state index in [2.05, 4.69) is 19.2 Å². The number of carbonyl (C=O) groups is 4. The summed E-state index contributed by atoms with van der Waals surface area (Å²) in [4.78, 5) is 52.1. The second-order valence-corrected chi connectivity index (χ2v) is 7.49. The lowest BCUT2D eigenvalue weighted by Crippen LogP contribution is -2.44. The van der Waals surface area contributed by atoms with E-state index >= 15 is 0 Å². The number of nitrogens with one attached hydrogen (secondary N) is 1. The van der Waals surface area contributed by atoms with E-state index in [0.29, 0.717) is 39.6 Å². The predicted molar refractivity (Wildman–Crippen MR) is 104 cm³/mol. The lowest BCUT2D eigenvalue weighted by atomic mass is 9.86. The monoisotopic (exact) mass is 378 g/mol. The molecule has 6 heteroatoms. The highest BCUT2D eigenvalue weighted by Gasteiger charge is 2.37. The number of nitrogens with zero attached hydrogens (tertiary/aromatic N) is 1. The minimum atomic E-state index is -0.505. The van der Waals surface area contributed by atoms with Gasteiger partial charge in [0.1, 0.15) is 0 Å². The van der Waals surface area contributed by atoms with E-state index in [4.69, 9.17) is 0 Å². The summed E-state index contributed by atoms with van der Waals surface area (Å²) in [5.41, 5.74) is 1.39. The van der Waals surface area contributed by atoms with Gasteiger partial charge in [-0.25, -0.2) is 0 Å². The van der Waals surface area contributed by atoms with Gasteiger partial charge in [0.15, 0.2) is 0 Å². The maximum Gasteiger partial charge on any atom is 0.261 e. The van der Waals surface area contributed by atoms with Crippen molar-refractivity contribution in [3.8, 4) is 0 Å². The maximum absolute atomic E-state index is 13.2. The molecule has 0 aliphatic carbocycles.